The molecule has 0 saturated carbocycles. The van der Waals surface area contributed by atoms with E-state index in [4.69, 9.17) is 5.14 Å². The zero-order valence-electron chi connectivity index (χ0n) is 7.96. The number of sulfonamides is 1. The van der Waals surface area contributed by atoms with Gasteiger partial charge in [0, 0.05) is 6.42 Å². The van der Waals surface area contributed by atoms with Gasteiger partial charge in [0.05, 0.1) is 0 Å². The predicted molar refractivity (Wildman–Crippen MR) is 62.6 cm³/mol. The van der Waals surface area contributed by atoms with E-state index in [1.165, 1.54) is 11.8 Å². The molecule has 80 valence electrons. The summed E-state index contributed by atoms with van der Waals surface area (Å²) in [6, 6.07) is 9.09. The first-order valence-electron chi connectivity index (χ1n) is 4.47. The number of thioether (sulfide) groups is 1. The second-order valence-electron chi connectivity index (χ2n) is 3.36. The lowest BCUT2D eigenvalue weighted by atomic mass is 10.1. The summed E-state index contributed by atoms with van der Waals surface area (Å²) in [4.78, 5) is 0. The fraction of sp³-hybridized carbons (Fsp3) is 0.200. The third-order valence-corrected chi connectivity index (χ3v) is 5.83. The summed E-state index contributed by atoms with van der Waals surface area (Å²) < 4.78 is 22.3. The predicted octanol–water partition coefficient (Wildman–Crippen LogP) is 1.78. The fourth-order valence-electron chi connectivity index (χ4n) is 1.63. The highest BCUT2D eigenvalue weighted by atomic mass is 32.3. The van der Waals surface area contributed by atoms with Crippen molar-refractivity contribution in [2.45, 2.75) is 10.5 Å². The number of hydrogen-bond acceptors (Lipinski definition) is 3. The quantitative estimate of drug-likeness (QED) is 0.858. The van der Waals surface area contributed by atoms with Crippen molar-refractivity contribution in [3.8, 4) is 0 Å². The molecule has 1 aliphatic heterocycles. The Bertz CT molecular complexity index is 471. The lowest BCUT2D eigenvalue weighted by Gasteiger charge is -2.25. The summed E-state index contributed by atoms with van der Waals surface area (Å²) in [5.41, 5.74) is 0.738. The van der Waals surface area contributed by atoms with Crippen LogP contribution < -0.4 is 5.14 Å². The van der Waals surface area contributed by atoms with Gasteiger partial charge in [-0.15, -0.1) is 11.8 Å². The topological polar surface area (TPSA) is 60.2 Å². The maximum atomic E-state index is 11.7. The van der Waals surface area contributed by atoms with Gasteiger partial charge in [0.15, 0.2) is 4.08 Å². The molecule has 15 heavy (non-hydrogen) atoms. The molecule has 3 nitrogen and oxygen atoms in total. The molecule has 2 rings (SSSR count). The molecule has 1 aromatic carbocycles. The zero-order chi connectivity index (χ0) is 10.9. The smallest absolute Gasteiger partial charge is 0.227 e. The summed E-state index contributed by atoms with van der Waals surface area (Å²) in [7, 11) is -3.62. The first kappa shape index (κ1) is 10.7. The van der Waals surface area contributed by atoms with Gasteiger partial charge >= 0.3 is 0 Å². The third kappa shape index (κ3) is 1.71. The van der Waals surface area contributed by atoms with Crippen molar-refractivity contribution in [3.05, 3.63) is 47.4 Å². The Morgan fingerprint density at radius 3 is 2.40 bits per heavy atom. The molecule has 0 saturated heterocycles. The average molecular weight is 241 g/mol. The molecule has 0 aliphatic carbocycles. The van der Waals surface area contributed by atoms with Crippen LogP contribution in [0.3, 0.4) is 0 Å². The second kappa shape index (κ2) is 3.66. The van der Waals surface area contributed by atoms with Crippen molar-refractivity contribution < 1.29 is 8.42 Å². The molecule has 0 bridgehead atoms. The minimum absolute atomic E-state index is 0.431. The van der Waals surface area contributed by atoms with Crippen LogP contribution in [0.1, 0.15) is 12.0 Å². The first-order chi connectivity index (χ1) is 7.06. The van der Waals surface area contributed by atoms with Crippen molar-refractivity contribution >= 4 is 21.8 Å². The molecule has 1 unspecified atom stereocenters. The molecular formula is C10H11NO2S2. The van der Waals surface area contributed by atoms with Crippen molar-refractivity contribution in [2.75, 3.05) is 0 Å². The van der Waals surface area contributed by atoms with E-state index in [-0.39, 0.29) is 0 Å². The van der Waals surface area contributed by atoms with Gasteiger partial charge in [0.2, 0.25) is 10.0 Å². The van der Waals surface area contributed by atoms with Crippen LogP contribution >= 0.6 is 11.8 Å². The fourth-order valence-corrected chi connectivity index (χ4v) is 4.01. The SMILES string of the molecule is NS(=O)(=O)C1(c2ccccc2)CC=CS1. The van der Waals surface area contributed by atoms with Gasteiger partial charge in [-0.05, 0) is 11.0 Å². The van der Waals surface area contributed by atoms with Gasteiger partial charge in [-0.1, -0.05) is 36.4 Å². The van der Waals surface area contributed by atoms with Crippen LogP contribution in [0.25, 0.3) is 0 Å². The van der Waals surface area contributed by atoms with Crippen LogP contribution in [0.5, 0.6) is 0 Å². The summed E-state index contributed by atoms with van der Waals surface area (Å²) >= 11 is 1.26. The van der Waals surface area contributed by atoms with Crippen LogP contribution in [0, 0.1) is 0 Å². The van der Waals surface area contributed by atoms with Gasteiger partial charge in [-0.2, -0.15) is 0 Å². The van der Waals surface area contributed by atoms with Crippen LogP contribution in [0.4, 0.5) is 0 Å². The monoisotopic (exact) mass is 241 g/mol. The van der Waals surface area contributed by atoms with Crippen LogP contribution in [-0.4, -0.2) is 8.42 Å². The molecular weight excluding hydrogens is 230 g/mol. The van der Waals surface area contributed by atoms with E-state index in [0.717, 1.165) is 5.56 Å². The number of allylic oxidation sites excluding steroid dienone is 1. The van der Waals surface area contributed by atoms with Crippen molar-refractivity contribution in [2.24, 2.45) is 5.14 Å². The lowest BCUT2D eigenvalue weighted by Crippen LogP contribution is -2.36. The van der Waals surface area contributed by atoms with E-state index in [1.54, 1.807) is 17.5 Å². The number of rotatable bonds is 2. The number of primary sulfonamides is 1. The maximum absolute atomic E-state index is 11.7. The van der Waals surface area contributed by atoms with Crippen molar-refractivity contribution in [3.63, 3.8) is 0 Å². The van der Waals surface area contributed by atoms with Gasteiger partial charge < -0.3 is 0 Å². The highest BCUT2D eigenvalue weighted by Gasteiger charge is 2.44. The Labute approximate surface area is 93.4 Å². The normalized spacial score (nSPS) is 25.7. The molecule has 5 heteroatoms. The summed E-state index contributed by atoms with van der Waals surface area (Å²) in [6.45, 7) is 0. The van der Waals surface area contributed by atoms with Crippen LogP contribution in [0.2, 0.25) is 0 Å². The Morgan fingerprint density at radius 2 is 1.93 bits per heavy atom. The Kier molecular flexibility index (Phi) is 2.62. The molecule has 2 N–H and O–H groups in total. The van der Waals surface area contributed by atoms with Crippen molar-refractivity contribution in [1.82, 2.24) is 0 Å². The van der Waals surface area contributed by atoms with E-state index in [9.17, 15) is 8.42 Å². The molecule has 0 spiro atoms. The van der Waals surface area contributed by atoms with Crippen molar-refractivity contribution in [1.29, 1.82) is 0 Å². The number of benzene rings is 1. The standard InChI is InChI=1S/C10H11NO2S2/c11-15(12,13)10(7-4-8-14-10)9-5-2-1-3-6-9/h1-6,8H,7H2,(H2,11,12,13). The van der Waals surface area contributed by atoms with E-state index >= 15 is 0 Å². The van der Waals surface area contributed by atoms with Crippen LogP contribution in [-0.2, 0) is 14.1 Å². The van der Waals surface area contributed by atoms with Gasteiger partial charge in [0.25, 0.3) is 0 Å². The molecule has 0 radical (unpaired) electrons. The molecule has 0 fully saturated rings. The van der Waals surface area contributed by atoms with Crippen LogP contribution in [0.15, 0.2) is 41.8 Å². The first-order valence-corrected chi connectivity index (χ1v) is 6.89. The average Bonchev–Trinajstić information content (AvgIpc) is 2.68. The highest BCUT2D eigenvalue weighted by Crippen LogP contribution is 2.48. The maximum Gasteiger partial charge on any atom is 0.229 e. The minimum Gasteiger partial charge on any atom is -0.227 e. The second-order valence-corrected chi connectivity index (χ2v) is 6.61. The van der Waals surface area contributed by atoms with Gasteiger partial charge in [-0.3, -0.25) is 0 Å². The molecule has 0 aromatic heterocycles. The molecule has 1 aromatic rings. The van der Waals surface area contributed by atoms with E-state index < -0.39 is 14.1 Å². The van der Waals surface area contributed by atoms with E-state index in [0.29, 0.717) is 6.42 Å². The van der Waals surface area contributed by atoms with E-state index in [1.807, 2.05) is 24.3 Å². The Morgan fingerprint density at radius 1 is 1.27 bits per heavy atom. The molecule has 0 amide bonds. The van der Waals surface area contributed by atoms with Gasteiger partial charge in [0.1, 0.15) is 0 Å². The van der Waals surface area contributed by atoms with E-state index in [2.05, 4.69) is 0 Å². The molecule has 1 atom stereocenters. The molecule has 1 aliphatic rings. The highest BCUT2D eigenvalue weighted by molar-refractivity contribution is 8.15. The number of hydrogen-bond donors (Lipinski definition) is 1. The zero-order valence-corrected chi connectivity index (χ0v) is 9.59. The largest absolute Gasteiger partial charge is 0.229 e. The van der Waals surface area contributed by atoms with Gasteiger partial charge in [-0.25, -0.2) is 13.6 Å². The minimum atomic E-state index is -3.62. The summed E-state index contributed by atoms with van der Waals surface area (Å²) in [6.07, 6.45) is 2.27. The third-order valence-electron chi connectivity index (χ3n) is 2.41. The Balaban J connectivity index is 2.55. The molecule has 1 heterocycles. The summed E-state index contributed by atoms with van der Waals surface area (Å²) in [5.74, 6) is 0. The Hall–Kier alpha value is -0.780. The lowest BCUT2D eigenvalue weighted by molar-refractivity contribution is 0.577. The summed E-state index contributed by atoms with van der Waals surface area (Å²) in [5, 5.41) is 7.11. The number of nitrogens with two attached hydrogens (primary N) is 1.